The summed E-state index contributed by atoms with van der Waals surface area (Å²) in [5.41, 5.74) is -0.599. The molecule has 1 atom stereocenters. The van der Waals surface area contributed by atoms with E-state index in [-0.39, 0.29) is 28.9 Å². The minimum Gasteiger partial charge on any atom is -0.457 e. The van der Waals surface area contributed by atoms with Gasteiger partial charge in [-0.05, 0) is 48.7 Å². The van der Waals surface area contributed by atoms with Crippen molar-refractivity contribution in [1.82, 2.24) is 10.6 Å². The molecule has 0 aliphatic heterocycles. The van der Waals surface area contributed by atoms with Crippen LogP contribution < -0.4 is 15.4 Å². The topological polar surface area (TPSA) is 67.4 Å². The third kappa shape index (κ3) is 6.51. The number of rotatable bonds is 7. The molecule has 0 fully saturated rings. The third-order valence-electron chi connectivity index (χ3n) is 4.07. The number of halogens is 3. The Kier molecular flexibility index (Phi) is 7.25. The molecule has 156 valence electrons. The van der Waals surface area contributed by atoms with Crippen LogP contribution in [0.15, 0.2) is 48.5 Å². The van der Waals surface area contributed by atoms with Gasteiger partial charge >= 0.3 is 6.18 Å². The minimum atomic E-state index is -4.48. The maximum Gasteiger partial charge on any atom is 0.416 e. The molecule has 0 aliphatic carbocycles. The number of benzene rings is 2. The van der Waals surface area contributed by atoms with E-state index in [0.29, 0.717) is 6.42 Å². The van der Waals surface area contributed by atoms with Crippen LogP contribution in [0.5, 0.6) is 11.5 Å². The van der Waals surface area contributed by atoms with Crippen molar-refractivity contribution in [3.8, 4) is 11.5 Å². The molecule has 0 aliphatic rings. The Morgan fingerprint density at radius 1 is 1.03 bits per heavy atom. The number of alkyl halides is 3. The highest BCUT2D eigenvalue weighted by atomic mass is 19.4. The molecule has 0 saturated carbocycles. The van der Waals surface area contributed by atoms with Crippen molar-refractivity contribution in [3.05, 3.63) is 59.7 Å². The monoisotopic (exact) mass is 408 g/mol. The van der Waals surface area contributed by atoms with Gasteiger partial charge in [-0.1, -0.05) is 26.0 Å². The van der Waals surface area contributed by atoms with Crippen molar-refractivity contribution < 1.29 is 27.5 Å². The molecule has 2 rings (SSSR count). The summed E-state index contributed by atoms with van der Waals surface area (Å²) in [7, 11) is 1.49. The number of hydrogen-bond acceptors (Lipinski definition) is 3. The first-order valence-corrected chi connectivity index (χ1v) is 9.07. The molecule has 2 aromatic rings. The lowest BCUT2D eigenvalue weighted by Gasteiger charge is -2.19. The van der Waals surface area contributed by atoms with E-state index < -0.39 is 23.7 Å². The summed E-state index contributed by atoms with van der Waals surface area (Å²) < 4.78 is 44.0. The zero-order chi connectivity index (χ0) is 21.6. The smallest absolute Gasteiger partial charge is 0.416 e. The zero-order valence-corrected chi connectivity index (χ0v) is 16.3. The van der Waals surface area contributed by atoms with Crippen LogP contribution in [0.4, 0.5) is 13.2 Å². The summed E-state index contributed by atoms with van der Waals surface area (Å²) in [4.78, 5) is 24.5. The van der Waals surface area contributed by atoms with Gasteiger partial charge in [0.15, 0.2) is 0 Å². The van der Waals surface area contributed by atoms with Gasteiger partial charge in [0.05, 0.1) is 5.56 Å². The average molecular weight is 408 g/mol. The molecule has 0 aromatic heterocycles. The van der Waals surface area contributed by atoms with Crippen molar-refractivity contribution >= 4 is 11.8 Å². The second kappa shape index (κ2) is 9.45. The van der Waals surface area contributed by atoms with Gasteiger partial charge in [0.2, 0.25) is 5.91 Å². The van der Waals surface area contributed by atoms with E-state index in [1.165, 1.54) is 37.4 Å². The molecule has 0 radical (unpaired) electrons. The molecule has 5 nitrogen and oxygen atoms in total. The number of amides is 2. The fourth-order valence-corrected chi connectivity index (χ4v) is 2.69. The quantitative estimate of drug-likeness (QED) is 0.714. The van der Waals surface area contributed by atoms with Crippen LogP contribution in [-0.2, 0) is 11.0 Å². The summed E-state index contributed by atoms with van der Waals surface area (Å²) in [6.45, 7) is 3.87. The van der Waals surface area contributed by atoms with E-state index in [4.69, 9.17) is 4.74 Å². The van der Waals surface area contributed by atoms with Crippen LogP contribution in [0.3, 0.4) is 0 Å². The van der Waals surface area contributed by atoms with Crippen molar-refractivity contribution in [2.75, 3.05) is 7.05 Å². The summed E-state index contributed by atoms with van der Waals surface area (Å²) in [5.74, 6) is -0.386. The van der Waals surface area contributed by atoms with Crippen molar-refractivity contribution in [3.63, 3.8) is 0 Å². The molecule has 0 spiro atoms. The van der Waals surface area contributed by atoms with Gasteiger partial charge in [0, 0.05) is 12.6 Å². The van der Waals surface area contributed by atoms with Crippen molar-refractivity contribution in [2.45, 2.75) is 32.5 Å². The number of likely N-dealkylation sites (N-methyl/N-ethyl adjacent to an activating group) is 1. The Morgan fingerprint density at radius 3 is 2.24 bits per heavy atom. The molecule has 0 heterocycles. The van der Waals surface area contributed by atoms with Crippen LogP contribution in [0.25, 0.3) is 0 Å². The Labute approximate surface area is 167 Å². The Hall–Kier alpha value is -3.03. The van der Waals surface area contributed by atoms with E-state index in [1.54, 1.807) is 6.07 Å². The predicted molar refractivity (Wildman–Crippen MR) is 103 cm³/mol. The van der Waals surface area contributed by atoms with Gasteiger partial charge in [-0.2, -0.15) is 13.2 Å². The molecule has 2 N–H and O–H groups in total. The Balaban J connectivity index is 2.16. The van der Waals surface area contributed by atoms with E-state index >= 15 is 0 Å². The maximum atomic E-state index is 12.8. The summed E-state index contributed by atoms with van der Waals surface area (Å²) >= 11 is 0. The highest BCUT2D eigenvalue weighted by molar-refractivity contribution is 5.97. The number of ether oxygens (including phenoxy) is 1. The lowest BCUT2D eigenvalue weighted by atomic mass is 10.0. The summed E-state index contributed by atoms with van der Waals surface area (Å²) in [5, 5.41) is 5.20. The predicted octanol–water partition coefficient (Wildman–Crippen LogP) is 4.39. The minimum absolute atomic E-state index is 0.000397. The summed E-state index contributed by atoms with van der Waals surface area (Å²) in [6, 6.07) is 9.80. The first-order chi connectivity index (χ1) is 13.6. The Bertz CT molecular complexity index is 866. The molecule has 2 aromatic carbocycles. The fraction of sp³-hybridized carbons (Fsp3) is 0.333. The average Bonchev–Trinajstić information content (AvgIpc) is 2.66. The zero-order valence-electron chi connectivity index (χ0n) is 16.3. The third-order valence-corrected chi connectivity index (χ3v) is 4.07. The van der Waals surface area contributed by atoms with E-state index in [2.05, 4.69) is 10.6 Å². The number of carbonyl (C=O) groups is 2. The van der Waals surface area contributed by atoms with Crippen LogP contribution >= 0.6 is 0 Å². The molecule has 29 heavy (non-hydrogen) atoms. The maximum absolute atomic E-state index is 12.8. The van der Waals surface area contributed by atoms with Gasteiger partial charge in [-0.3, -0.25) is 9.59 Å². The molecular weight excluding hydrogens is 385 g/mol. The van der Waals surface area contributed by atoms with Crippen LogP contribution in [-0.4, -0.2) is 24.9 Å². The first kappa shape index (κ1) is 22.3. The van der Waals surface area contributed by atoms with Gasteiger partial charge in [0.1, 0.15) is 17.5 Å². The Morgan fingerprint density at radius 2 is 1.66 bits per heavy atom. The molecule has 0 saturated heterocycles. The van der Waals surface area contributed by atoms with Crippen LogP contribution in [0.2, 0.25) is 0 Å². The number of carbonyl (C=O) groups excluding carboxylic acids is 2. The van der Waals surface area contributed by atoms with E-state index in [0.717, 1.165) is 12.1 Å². The number of hydrogen-bond donors (Lipinski definition) is 2. The van der Waals surface area contributed by atoms with E-state index in [1.807, 2.05) is 13.8 Å². The lowest BCUT2D eigenvalue weighted by molar-refractivity contribution is -0.137. The number of nitrogens with one attached hydrogen (secondary N) is 2. The van der Waals surface area contributed by atoms with E-state index in [9.17, 15) is 22.8 Å². The lowest BCUT2D eigenvalue weighted by Crippen LogP contribution is -2.46. The summed E-state index contributed by atoms with van der Waals surface area (Å²) in [6.07, 6.45) is -4.02. The second-order valence-corrected chi connectivity index (χ2v) is 6.93. The second-order valence-electron chi connectivity index (χ2n) is 6.93. The molecule has 2 amide bonds. The molecule has 0 bridgehead atoms. The van der Waals surface area contributed by atoms with Gasteiger partial charge in [-0.25, -0.2) is 0 Å². The fourth-order valence-electron chi connectivity index (χ4n) is 2.69. The van der Waals surface area contributed by atoms with Crippen molar-refractivity contribution in [1.29, 1.82) is 0 Å². The molecule has 8 heteroatoms. The molecular formula is C21H23F3N2O3. The van der Waals surface area contributed by atoms with Crippen LogP contribution in [0.1, 0.15) is 36.2 Å². The highest BCUT2D eigenvalue weighted by Crippen LogP contribution is 2.32. The molecule has 1 unspecified atom stereocenters. The van der Waals surface area contributed by atoms with Gasteiger partial charge < -0.3 is 15.4 Å². The van der Waals surface area contributed by atoms with Crippen molar-refractivity contribution in [2.24, 2.45) is 5.92 Å². The van der Waals surface area contributed by atoms with Gasteiger partial charge in [-0.15, -0.1) is 0 Å². The normalized spacial score (nSPS) is 12.4. The standard InChI is InChI=1S/C21H23F3N2O3/c1-13(2)10-18(20(28)25-3)26-19(27)14-6-4-8-16(11-14)29-17-9-5-7-15(12-17)21(22,23)24/h4-9,11-13,18H,10H2,1-3H3,(H,25,28)(H,26,27). The first-order valence-electron chi connectivity index (χ1n) is 9.07. The SMILES string of the molecule is CNC(=O)C(CC(C)C)NC(=O)c1cccc(Oc2cccc(C(F)(F)F)c2)c1. The van der Waals surface area contributed by atoms with Crippen LogP contribution in [0, 0.1) is 5.92 Å². The largest absolute Gasteiger partial charge is 0.457 e. The van der Waals surface area contributed by atoms with Gasteiger partial charge in [0.25, 0.3) is 5.91 Å². The highest BCUT2D eigenvalue weighted by Gasteiger charge is 2.30.